The lowest BCUT2D eigenvalue weighted by Crippen LogP contribution is -2.42. The Morgan fingerprint density at radius 3 is 2.41 bits per heavy atom. The maximum Gasteiger partial charge on any atom is 0.225 e. The van der Waals surface area contributed by atoms with Gasteiger partial charge in [-0.2, -0.15) is 0 Å². The molecule has 22 heavy (non-hydrogen) atoms. The van der Waals surface area contributed by atoms with Crippen LogP contribution < -0.4 is 0 Å². The molecular formula is C19H32N2O. The number of carbonyl (C=O) groups excluding carboxylic acids is 1. The monoisotopic (exact) mass is 304 g/mol. The molecule has 3 nitrogen and oxygen atoms in total. The number of piperidine rings is 1. The van der Waals surface area contributed by atoms with Gasteiger partial charge >= 0.3 is 0 Å². The van der Waals surface area contributed by atoms with Crippen molar-refractivity contribution in [2.24, 2.45) is 17.8 Å². The van der Waals surface area contributed by atoms with E-state index in [1.54, 1.807) is 0 Å². The maximum absolute atomic E-state index is 12.6. The van der Waals surface area contributed by atoms with Crippen LogP contribution in [-0.2, 0) is 4.79 Å². The molecule has 0 aromatic heterocycles. The van der Waals surface area contributed by atoms with Gasteiger partial charge in [0.15, 0.2) is 0 Å². The highest BCUT2D eigenvalue weighted by atomic mass is 16.2. The summed E-state index contributed by atoms with van der Waals surface area (Å²) in [4.78, 5) is 17.3. The van der Waals surface area contributed by atoms with Crippen molar-refractivity contribution in [2.45, 2.75) is 58.3 Å². The molecule has 3 rings (SSSR count). The summed E-state index contributed by atoms with van der Waals surface area (Å²) < 4.78 is 0. The third kappa shape index (κ3) is 4.05. The van der Waals surface area contributed by atoms with Gasteiger partial charge in [0, 0.05) is 32.1 Å². The fourth-order valence-electron chi connectivity index (χ4n) is 4.28. The first-order chi connectivity index (χ1) is 10.7. The molecule has 0 bridgehead atoms. The van der Waals surface area contributed by atoms with Crippen molar-refractivity contribution in [3.8, 4) is 0 Å². The zero-order valence-corrected chi connectivity index (χ0v) is 14.2. The fourth-order valence-corrected chi connectivity index (χ4v) is 4.28. The Hall–Kier alpha value is -0.990. The summed E-state index contributed by atoms with van der Waals surface area (Å²) in [6, 6.07) is 0. The summed E-state index contributed by atoms with van der Waals surface area (Å²) in [5.41, 5.74) is 0. The lowest BCUT2D eigenvalue weighted by Gasteiger charge is -2.36. The third-order valence-electron chi connectivity index (χ3n) is 6.02. The van der Waals surface area contributed by atoms with Crippen molar-refractivity contribution in [1.29, 1.82) is 0 Å². The molecule has 0 spiro atoms. The minimum Gasteiger partial charge on any atom is -0.377 e. The molecule has 0 aromatic rings. The van der Waals surface area contributed by atoms with Crippen LogP contribution in [0.5, 0.6) is 0 Å². The Bertz CT molecular complexity index is 390. The number of rotatable bonds is 4. The molecule has 3 heteroatoms. The molecule has 2 heterocycles. The van der Waals surface area contributed by atoms with Gasteiger partial charge in [-0.1, -0.05) is 13.0 Å². The fraction of sp³-hybridized carbons (Fsp3) is 0.842. The minimum absolute atomic E-state index is 0.336. The number of likely N-dealkylation sites (tertiary alicyclic amines) is 1. The molecule has 0 N–H and O–H groups in total. The molecule has 1 saturated carbocycles. The summed E-state index contributed by atoms with van der Waals surface area (Å²) in [5, 5.41) is 0. The van der Waals surface area contributed by atoms with Gasteiger partial charge in [-0.05, 0) is 69.4 Å². The van der Waals surface area contributed by atoms with Gasteiger partial charge < -0.3 is 9.80 Å². The van der Waals surface area contributed by atoms with Crippen LogP contribution >= 0.6 is 0 Å². The van der Waals surface area contributed by atoms with Crippen molar-refractivity contribution in [1.82, 2.24) is 9.80 Å². The second kappa shape index (κ2) is 7.52. The Kier molecular flexibility index (Phi) is 5.43. The highest BCUT2D eigenvalue weighted by Crippen LogP contribution is 2.31. The van der Waals surface area contributed by atoms with Gasteiger partial charge in [0.25, 0.3) is 0 Å². The van der Waals surface area contributed by atoms with Gasteiger partial charge in [-0.15, -0.1) is 0 Å². The van der Waals surface area contributed by atoms with Gasteiger partial charge in [0.1, 0.15) is 0 Å². The van der Waals surface area contributed by atoms with E-state index >= 15 is 0 Å². The summed E-state index contributed by atoms with van der Waals surface area (Å²) in [5.74, 6) is 2.45. The highest BCUT2D eigenvalue weighted by molar-refractivity contribution is 5.79. The quantitative estimate of drug-likeness (QED) is 0.791. The summed E-state index contributed by atoms with van der Waals surface area (Å²) in [6.45, 7) is 6.74. The number of amides is 1. The lowest BCUT2D eigenvalue weighted by atomic mass is 9.82. The molecule has 3 aliphatic rings. The van der Waals surface area contributed by atoms with Crippen LogP contribution in [0.25, 0.3) is 0 Å². The van der Waals surface area contributed by atoms with E-state index in [1.165, 1.54) is 51.6 Å². The maximum atomic E-state index is 12.6. The highest BCUT2D eigenvalue weighted by Gasteiger charge is 2.30. The van der Waals surface area contributed by atoms with E-state index < -0.39 is 0 Å². The van der Waals surface area contributed by atoms with Crippen LogP contribution in [0.3, 0.4) is 0 Å². The predicted molar refractivity (Wildman–Crippen MR) is 90.4 cm³/mol. The van der Waals surface area contributed by atoms with E-state index in [-0.39, 0.29) is 0 Å². The Balaban J connectivity index is 1.37. The van der Waals surface area contributed by atoms with E-state index in [0.29, 0.717) is 11.8 Å². The van der Waals surface area contributed by atoms with Crippen molar-refractivity contribution in [2.75, 3.05) is 26.2 Å². The topological polar surface area (TPSA) is 23.6 Å². The second-order valence-electron chi connectivity index (χ2n) is 7.72. The zero-order valence-electron chi connectivity index (χ0n) is 14.2. The van der Waals surface area contributed by atoms with Crippen molar-refractivity contribution >= 4 is 5.91 Å². The summed E-state index contributed by atoms with van der Waals surface area (Å²) in [7, 11) is 0. The van der Waals surface area contributed by atoms with Crippen LogP contribution in [0.15, 0.2) is 12.3 Å². The molecule has 2 fully saturated rings. The second-order valence-corrected chi connectivity index (χ2v) is 7.72. The van der Waals surface area contributed by atoms with E-state index in [1.807, 2.05) is 0 Å². The van der Waals surface area contributed by atoms with Crippen molar-refractivity contribution < 1.29 is 4.79 Å². The standard InChI is InChI=1S/C19H32N2O/c1-16-4-6-18(7-5-16)19(22)21-14-9-17(10-15-21)8-13-20-11-2-3-12-20/h2,11,16-18H,3-10,12-15H2,1H3. The number of carbonyl (C=O) groups is 1. The van der Waals surface area contributed by atoms with E-state index in [4.69, 9.17) is 0 Å². The molecule has 0 aromatic carbocycles. The smallest absolute Gasteiger partial charge is 0.225 e. The molecule has 124 valence electrons. The largest absolute Gasteiger partial charge is 0.377 e. The van der Waals surface area contributed by atoms with E-state index in [2.05, 4.69) is 29.0 Å². The first-order valence-corrected chi connectivity index (χ1v) is 9.42. The third-order valence-corrected chi connectivity index (χ3v) is 6.02. The zero-order chi connectivity index (χ0) is 15.4. The normalized spacial score (nSPS) is 30.0. The average molecular weight is 304 g/mol. The molecular weight excluding hydrogens is 272 g/mol. The molecule has 2 aliphatic heterocycles. The van der Waals surface area contributed by atoms with Crippen LogP contribution in [-0.4, -0.2) is 41.9 Å². The summed E-state index contributed by atoms with van der Waals surface area (Å²) >= 11 is 0. The van der Waals surface area contributed by atoms with Crippen LogP contribution in [0.2, 0.25) is 0 Å². The Morgan fingerprint density at radius 2 is 1.77 bits per heavy atom. The molecule has 0 radical (unpaired) electrons. The van der Waals surface area contributed by atoms with Crippen LogP contribution in [0.1, 0.15) is 58.3 Å². The van der Waals surface area contributed by atoms with Crippen molar-refractivity contribution in [3.05, 3.63) is 12.3 Å². The average Bonchev–Trinajstić information content (AvgIpc) is 3.07. The van der Waals surface area contributed by atoms with Gasteiger partial charge in [-0.3, -0.25) is 4.79 Å². The molecule has 1 amide bonds. The van der Waals surface area contributed by atoms with Gasteiger partial charge in [0.2, 0.25) is 5.91 Å². The SMILES string of the molecule is CC1CCC(C(=O)N2CCC(CCN3C=CCC3)CC2)CC1. The Labute approximate surface area is 135 Å². The first kappa shape index (κ1) is 15.9. The molecule has 1 aliphatic carbocycles. The predicted octanol–water partition coefficient (Wildman–Crippen LogP) is 3.66. The molecule has 0 unspecified atom stereocenters. The van der Waals surface area contributed by atoms with Crippen LogP contribution in [0, 0.1) is 17.8 Å². The van der Waals surface area contributed by atoms with Crippen molar-refractivity contribution in [3.63, 3.8) is 0 Å². The number of nitrogens with zero attached hydrogens (tertiary/aromatic N) is 2. The molecule has 1 saturated heterocycles. The lowest BCUT2D eigenvalue weighted by molar-refractivity contribution is -0.138. The van der Waals surface area contributed by atoms with E-state index in [0.717, 1.165) is 37.8 Å². The van der Waals surface area contributed by atoms with Gasteiger partial charge in [-0.25, -0.2) is 0 Å². The Morgan fingerprint density at radius 1 is 1.05 bits per heavy atom. The summed E-state index contributed by atoms with van der Waals surface area (Å²) in [6.07, 6.45) is 14.2. The van der Waals surface area contributed by atoms with E-state index in [9.17, 15) is 4.79 Å². The van der Waals surface area contributed by atoms with Gasteiger partial charge in [0.05, 0.1) is 0 Å². The first-order valence-electron chi connectivity index (χ1n) is 9.42. The minimum atomic E-state index is 0.336. The number of hydrogen-bond donors (Lipinski definition) is 0. The van der Waals surface area contributed by atoms with Crippen LogP contribution in [0.4, 0.5) is 0 Å². The molecule has 0 atom stereocenters. The number of hydrogen-bond acceptors (Lipinski definition) is 2.